The summed E-state index contributed by atoms with van der Waals surface area (Å²) in [5.74, 6) is 0. The van der Waals surface area contributed by atoms with E-state index in [-0.39, 0.29) is 0 Å². The maximum atomic E-state index is 9.20. The predicted octanol–water partition coefficient (Wildman–Crippen LogP) is -1.25. The van der Waals surface area contributed by atoms with Crippen molar-refractivity contribution in [2.24, 2.45) is 11.5 Å². The molecule has 0 aliphatic heterocycles. The van der Waals surface area contributed by atoms with E-state index in [2.05, 4.69) is 0 Å². The van der Waals surface area contributed by atoms with E-state index in [1.807, 2.05) is 0 Å². The summed E-state index contributed by atoms with van der Waals surface area (Å²) in [7, 11) is 0. The van der Waals surface area contributed by atoms with Crippen LogP contribution < -0.4 is 11.5 Å². The Morgan fingerprint density at radius 1 is 1.08 bits per heavy atom. The number of nitrogens with two attached hydrogens (primary N) is 2. The van der Waals surface area contributed by atoms with Gasteiger partial charge in [-0.1, -0.05) is 0 Å². The summed E-state index contributed by atoms with van der Waals surface area (Å²) in [5, 5.41) is 18.4. The average molecular weight is 273 g/mol. The Kier molecular flexibility index (Phi) is 12.1. The predicted molar refractivity (Wildman–Crippen MR) is 36.7 cm³/mol. The summed E-state index contributed by atoms with van der Waals surface area (Å²) < 4.78 is -1.90. The van der Waals surface area contributed by atoms with Crippen LogP contribution in [0, 0.1) is 20.2 Å². The van der Waals surface area contributed by atoms with Gasteiger partial charge in [-0.25, -0.2) is 0 Å². The van der Waals surface area contributed by atoms with E-state index in [0.29, 0.717) is 0 Å². The van der Waals surface area contributed by atoms with Gasteiger partial charge in [-0.3, -0.25) is 0 Å². The van der Waals surface area contributed by atoms with Crippen LogP contribution in [-0.4, -0.2) is 20.2 Å². The zero-order valence-electron chi connectivity index (χ0n) is 6.12. The van der Waals surface area contributed by atoms with Gasteiger partial charge in [-0.15, -0.1) is 0 Å². The van der Waals surface area contributed by atoms with Gasteiger partial charge in [-0.05, 0) is 19.5 Å². The van der Waals surface area contributed by atoms with Gasteiger partial charge >= 0.3 is 45.8 Å². The summed E-state index contributed by atoms with van der Waals surface area (Å²) in [6, 6.07) is 0. The molecule has 0 aromatic rings. The van der Waals surface area contributed by atoms with Crippen molar-refractivity contribution in [3.05, 3.63) is 20.2 Å². The summed E-state index contributed by atoms with van der Waals surface area (Å²) in [6.07, 6.45) is 0.944. The molecule has 0 fully saturated rings. The van der Waals surface area contributed by atoms with Gasteiger partial charge in [0.25, 0.3) is 0 Å². The van der Waals surface area contributed by atoms with E-state index >= 15 is 0 Å². The first-order chi connectivity index (χ1) is 5.54. The molecule has 0 bridgehead atoms. The van der Waals surface area contributed by atoms with E-state index in [4.69, 9.17) is 11.5 Å². The fourth-order valence-corrected chi connectivity index (χ4v) is 0.367. The molecule has 0 rings (SSSR count). The van der Waals surface area contributed by atoms with Crippen LogP contribution >= 0.6 is 0 Å². The number of hydrogen-bond acceptors (Lipinski definition) is 6. The molecule has 0 radical (unpaired) electrons. The molecular formula is C3H10N4O4Pd. The minimum absolute atomic E-state index is 0.719. The van der Waals surface area contributed by atoms with Crippen LogP contribution in [-0.2, 0) is 18.5 Å². The maximum absolute atomic E-state index is 9.20. The first-order valence-electron chi connectivity index (χ1n) is 2.83. The van der Waals surface area contributed by atoms with E-state index < -0.39 is 25.6 Å². The third-order valence-corrected chi connectivity index (χ3v) is 1.02. The van der Waals surface area contributed by atoms with Gasteiger partial charge in [0, 0.05) is 0 Å². The van der Waals surface area contributed by atoms with Gasteiger partial charge in [0.05, 0.1) is 0 Å². The fraction of sp³-hybridized carbons (Fsp3) is 1.00. The van der Waals surface area contributed by atoms with Crippen molar-refractivity contribution < 1.29 is 25.6 Å². The Hall–Kier alpha value is -0.618. The molecular weight excluding hydrogens is 262 g/mol. The van der Waals surface area contributed by atoms with E-state index in [9.17, 15) is 20.2 Å². The number of nitro groups is 2. The van der Waals surface area contributed by atoms with E-state index in [1.54, 1.807) is 0 Å². The summed E-state index contributed by atoms with van der Waals surface area (Å²) in [6.45, 7) is 1.44. The SMILES string of the molecule is NCCCN.O=[N+]([O-])[Pd][N+](=O)[O-]. The number of rotatable bonds is 4. The Labute approximate surface area is 77.3 Å². The Bertz CT molecular complexity index is 128. The fourth-order valence-electron chi connectivity index (χ4n) is 0.160. The van der Waals surface area contributed by atoms with Crippen LogP contribution in [0.15, 0.2) is 0 Å². The van der Waals surface area contributed by atoms with Gasteiger partial charge in [0.2, 0.25) is 0 Å². The third-order valence-electron chi connectivity index (χ3n) is 0.512. The van der Waals surface area contributed by atoms with Crippen molar-refractivity contribution >= 4 is 0 Å². The molecule has 8 nitrogen and oxygen atoms in total. The third kappa shape index (κ3) is 22.8. The molecule has 0 aliphatic rings. The van der Waals surface area contributed by atoms with Crippen molar-refractivity contribution in [3.8, 4) is 0 Å². The average Bonchev–Trinajstić information content (AvgIpc) is 1.87. The second kappa shape index (κ2) is 10.4. The van der Waals surface area contributed by atoms with Crippen LogP contribution in [0.1, 0.15) is 6.42 Å². The molecule has 0 atom stereocenters. The summed E-state index contributed by atoms with van der Waals surface area (Å²) in [4.78, 5) is 18.4. The zero-order chi connectivity index (χ0) is 9.98. The van der Waals surface area contributed by atoms with Crippen LogP contribution in [0.3, 0.4) is 0 Å². The normalized spacial score (nSPS) is 8.50. The van der Waals surface area contributed by atoms with Crippen molar-refractivity contribution in [1.29, 1.82) is 0 Å². The monoisotopic (exact) mass is 272 g/mol. The minimum atomic E-state index is -1.58. The van der Waals surface area contributed by atoms with Gasteiger partial charge in [-0.2, -0.15) is 0 Å². The number of hydrogen-bond donors (Lipinski definition) is 2. The summed E-state index contributed by atoms with van der Waals surface area (Å²) >= 11 is -1.58. The molecule has 0 aliphatic carbocycles. The van der Waals surface area contributed by atoms with Crippen LogP contribution in [0.5, 0.6) is 0 Å². The van der Waals surface area contributed by atoms with Gasteiger partial charge in [0.1, 0.15) is 0 Å². The van der Waals surface area contributed by atoms with Crippen LogP contribution in [0.25, 0.3) is 0 Å². The van der Waals surface area contributed by atoms with Crippen molar-refractivity contribution in [2.75, 3.05) is 13.1 Å². The Morgan fingerprint density at radius 3 is 1.42 bits per heavy atom. The Balaban J connectivity index is 0. The molecule has 0 aromatic heterocycles. The molecule has 4 N–H and O–H groups in total. The van der Waals surface area contributed by atoms with Crippen LogP contribution in [0.4, 0.5) is 0 Å². The Morgan fingerprint density at radius 2 is 1.42 bits per heavy atom. The molecule has 0 saturated heterocycles. The molecule has 9 heteroatoms. The quantitative estimate of drug-likeness (QED) is 0.372. The first-order valence-corrected chi connectivity index (χ1v) is 4.22. The molecule has 12 heavy (non-hydrogen) atoms. The zero-order valence-corrected chi connectivity index (χ0v) is 7.67. The molecule has 76 valence electrons. The standard InChI is InChI=1S/C3H10N2.2NO2.Pd/c4-2-1-3-5;2*2-1-3;/h1-5H2;;;. The van der Waals surface area contributed by atoms with Crippen molar-refractivity contribution in [3.63, 3.8) is 0 Å². The molecule has 0 amide bonds. The summed E-state index contributed by atoms with van der Waals surface area (Å²) in [5.41, 5.74) is 10.1. The van der Waals surface area contributed by atoms with E-state index in [0.717, 1.165) is 19.5 Å². The topological polar surface area (TPSA) is 138 Å². The van der Waals surface area contributed by atoms with Crippen molar-refractivity contribution in [2.45, 2.75) is 6.42 Å². The first kappa shape index (κ1) is 13.9. The molecule has 0 aromatic carbocycles. The molecule has 0 unspecified atom stereocenters. The van der Waals surface area contributed by atoms with E-state index in [1.165, 1.54) is 0 Å². The molecule has 0 saturated carbocycles. The second-order valence-electron chi connectivity index (χ2n) is 1.37. The molecule has 0 heterocycles. The second-order valence-corrected chi connectivity index (χ2v) is 2.82. The van der Waals surface area contributed by atoms with Gasteiger partial charge in [0.15, 0.2) is 0 Å². The molecule has 0 spiro atoms. The van der Waals surface area contributed by atoms with Crippen LogP contribution in [0.2, 0.25) is 0 Å². The van der Waals surface area contributed by atoms with Gasteiger partial charge < -0.3 is 11.5 Å². The number of nitrogens with zero attached hydrogens (tertiary/aromatic N) is 2. The van der Waals surface area contributed by atoms with Crippen molar-refractivity contribution in [1.82, 2.24) is 0 Å².